The summed E-state index contributed by atoms with van der Waals surface area (Å²) >= 11 is 0. The Kier molecular flexibility index (Phi) is 3.02. The molecule has 5 heteroatoms. The maximum Gasteiger partial charge on any atom is 0.347 e. The van der Waals surface area contributed by atoms with Gasteiger partial charge in [0.25, 0.3) is 0 Å². The van der Waals surface area contributed by atoms with Gasteiger partial charge in [0.15, 0.2) is 0 Å². The van der Waals surface area contributed by atoms with Crippen molar-refractivity contribution in [2.24, 2.45) is 0 Å². The minimum absolute atomic E-state index is 0.0697. The monoisotopic (exact) mass is 186 g/mol. The highest BCUT2D eigenvalue weighted by Gasteiger charge is 2.30. The number of rotatable bonds is 3. The third-order valence-corrected chi connectivity index (χ3v) is 1.62. The third kappa shape index (κ3) is 2.29. The van der Waals surface area contributed by atoms with Crippen LogP contribution in [0.4, 0.5) is 0 Å². The summed E-state index contributed by atoms with van der Waals surface area (Å²) < 4.78 is 9.27. The van der Waals surface area contributed by atoms with Gasteiger partial charge in [-0.05, 0) is 0 Å². The molecule has 1 N–H and O–H groups in total. The van der Waals surface area contributed by atoms with Crippen molar-refractivity contribution < 1.29 is 24.2 Å². The normalized spacial score (nSPS) is 21.0. The topological polar surface area (TPSA) is 72.8 Å². The molecule has 1 fully saturated rings. The summed E-state index contributed by atoms with van der Waals surface area (Å²) in [6.07, 6.45) is -0.473. The Morgan fingerprint density at radius 1 is 1.77 bits per heavy atom. The zero-order valence-corrected chi connectivity index (χ0v) is 6.99. The molecule has 1 atom stereocenters. The van der Waals surface area contributed by atoms with Crippen LogP contribution in [0.15, 0.2) is 12.2 Å². The van der Waals surface area contributed by atoms with Gasteiger partial charge in [0.2, 0.25) is 6.10 Å². The molecule has 0 saturated carbocycles. The van der Waals surface area contributed by atoms with E-state index in [1.807, 2.05) is 0 Å². The summed E-state index contributed by atoms with van der Waals surface area (Å²) in [7, 11) is 0. The Bertz CT molecular complexity index is 245. The molecular weight excluding hydrogens is 176 g/mol. The third-order valence-electron chi connectivity index (χ3n) is 1.62. The van der Waals surface area contributed by atoms with Gasteiger partial charge >= 0.3 is 11.9 Å². The number of hydrogen-bond acceptors (Lipinski definition) is 5. The zero-order valence-electron chi connectivity index (χ0n) is 6.99. The van der Waals surface area contributed by atoms with Gasteiger partial charge in [-0.25, -0.2) is 9.59 Å². The van der Waals surface area contributed by atoms with Gasteiger partial charge < -0.3 is 14.6 Å². The number of ether oxygens (including phenoxy) is 2. The van der Waals surface area contributed by atoms with E-state index in [9.17, 15) is 9.59 Å². The van der Waals surface area contributed by atoms with E-state index >= 15 is 0 Å². The molecule has 1 saturated heterocycles. The minimum atomic E-state index is -0.837. The van der Waals surface area contributed by atoms with Crippen LogP contribution in [0.25, 0.3) is 0 Å². The molecule has 1 rings (SSSR count). The van der Waals surface area contributed by atoms with Crippen molar-refractivity contribution in [3.63, 3.8) is 0 Å². The van der Waals surface area contributed by atoms with Gasteiger partial charge in [-0.3, -0.25) is 0 Å². The summed E-state index contributed by atoms with van der Waals surface area (Å²) in [5.41, 5.74) is -0.0697. The first-order valence-corrected chi connectivity index (χ1v) is 3.81. The quantitative estimate of drug-likeness (QED) is 0.470. The van der Waals surface area contributed by atoms with Crippen LogP contribution in [-0.4, -0.2) is 36.4 Å². The smallest absolute Gasteiger partial charge is 0.347 e. The molecule has 0 aromatic carbocycles. The average Bonchev–Trinajstić information content (AvgIpc) is 2.50. The first-order chi connectivity index (χ1) is 6.15. The number of aliphatic hydroxyl groups excluding tert-OH is 1. The Labute approximate surface area is 74.9 Å². The molecule has 1 unspecified atom stereocenters. The fourth-order valence-corrected chi connectivity index (χ4v) is 0.861. The largest absolute Gasteiger partial charge is 0.463 e. The van der Waals surface area contributed by atoms with E-state index in [1.165, 1.54) is 0 Å². The Morgan fingerprint density at radius 3 is 2.92 bits per heavy atom. The molecule has 0 radical (unpaired) electrons. The molecular formula is C8H10O5. The second kappa shape index (κ2) is 4.04. The van der Waals surface area contributed by atoms with E-state index in [1.54, 1.807) is 0 Å². The maximum absolute atomic E-state index is 11.0. The highest BCUT2D eigenvalue weighted by Crippen LogP contribution is 2.11. The van der Waals surface area contributed by atoms with Crippen LogP contribution in [-0.2, 0) is 19.1 Å². The lowest BCUT2D eigenvalue weighted by atomic mass is 10.3. The van der Waals surface area contributed by atoms with E-state index in [2.05, 4.69) is 11.3 Å². The van der Waals surface area contributed by atoms with Gasteiger partial charge in [0, 0.05) is 6.42 Å². The van der Waals surface area contributed by atoms with Gasteiger partial charge in [0.05, 0.1) is 18.8 Å². The molecule has 1 heterocycles. The van der Waals surface area contributed by atoms with E-state index in [4.69, 9.17) is 9.84 Å². The van der Waals surface area contributed by atoms with Crippen LogP contribution in [0.1, 0.15) is 6.42 Å². The number of hydrogen-bond donors (Lipinski definition) is 1. The SMILES string of the molecule is C=C(CO)C(=O)OC1CCOC1=O. The summed E-state index contributed by atoms with van der Waals surface area (Å²) in [6, 6.07) is 0. The highest BCUT2D eigenvalue weighted by molar-refractivity contribution is 5.90. The standard InChI is InChI=1S/C8H10O5/c1-5(4-9)7(10)13-6-2-3-12-8(6)11/h6,9H,1-4H2. The van der Waals surface area contributed by atoms with E-state index in [0.29, 0.717) is 6.42 Å². The predicted octanol–water partition coefficient (Wildman–Crippen LogP) is -0.606. The molecule has 72 valence electrons. The van der Waals surface area contributed by atoms with Crippen LogP contribution < -0.4 is 0 Å². The van der Waals surface area contributed by atoms with Crippen molar-refractivity contribution in [3.05, 3.63) is 12.2 Å². The number of carbonyl (C=O) groups excluding carboxylic acids is 2. The first-order valence-electron chi connectivity index (χ1n) is 3.81. The maximum atomic E-state index is 11.0. The number of esters is 2. The molecule has 0 amide bonds. The molecule has 0 aliphatic carbocycles. The van der Waals surface area contributed by atoms with E-state index in [-0.39, 0.29) is 12.2 Å². The van der Waals surface area contributed by atoms with Gasteiger partial charge in [-0.2, -0.15) is 0 Å². The molecule has 5 nitrogen and oxygen atoms in total. The zero-order chi connectivity index (χ0) is 9.84. The van der Waals surface area contributed by atoms with E-state index < -0.39 is 24.6 Å². The summed E-state index contributed by atoms with van der Waals surface area (Å²) in [5, 5.41) is 8.53. The highest BCUT2D eigenvalue weighted by atomic mass is 16.6. The van der Waals surface area contributed by atoms with Crippen molar-refractivity contribution in [2.75, 3.05) is 13.2 Å². The lowest BCUT2D eigenvalue weighted by Gasteiger charge is -2.07. The summed E-state index contributed by atoms with van der Waals surface area (Å²) in [6.45, 7) is 3.06. The van der Waals surface area contributed by atoms with Crippen molar-refractivity contribution >= 4 is 11.9 Å². The molecule has 0 bridgehead atoms. The minimum Gasteiger partial charge on any atom is -0.463 e. The number of carbonyl (C=O) groups is 2. The lowest BCUT2D eigenvalue weighted by Crippen LogP contribution is -2.24. The molecule has 0 aromatic heterocycles. The number of aliphatic hydroxyl groups is 1. The Balaban J connectivity index is 2.44. The predicted molar refractivity (Wildman–Crippen MR) is 41.7 cm³/mol. The van der Waals surface area contributed by atoms with E-state index in [0.717, 1.165) is 0 Å². The average molecular weight is 186 g/mol. The van der Waals surface area contributed by atoms with Crippen LogP contribution in [0.2, 0.25) is 0 Å². The van der Waals surface area contributed by atoms with Crippen LogP contribution in [0.5, 0.6) is 0 Å². The fourth-order valence-electron chi connectivity index (χ4n) is 0.861. The molecule has 1 aliphatic heterocycles. The summed E-state index contributed by atoms with van der Waals surface area (Å²) in [4.78, 5) is 21.8. The summed E-state index contributed by atoms with van der Waals surface area (Å²) in [5.74, 6) is -1.30. The first kappa shape index (κ1) is 9.73. The Hall–Kier alpha value is -1.36. The van der Waals surface area contributed by atoms with Gasteiger partial charge in [-0.15, -0.1) is 0 Å². The van der Waals surface area contributed by atoms with Gasteiger partial charge in [0.1, 0.15) is 0 Å². The van der Waals surface area contributed by atoms with Crippen molar-refractivity contribution in [1.29, 1.82) is 0 Å². The molecule has 13 heavy (non-hydrogen) atoms. The molecule has 0 spiro atoms. The second-order valence-electron chi connectivity index (χ2n) is 2.61. The van der Waals surface area contributed by atoms with Crippen LogP contribution in [0, 0.1) is 0 Å². The molecule has 1 aliphatic rings. The van der Waals surface area contributed by atoms with Crippen LogP contribution >= 0.6 is 0 Å². The van der Waals surface area contributed by atoms with Crippen molar-refractivity contribution in [3.8, 4) is 0 Å². The number of cyclic esters (lactones) is 1. The van der Waals surface area contributed by atoms with Crippen molar-refractivity contribution in [1.82, 2.24) is 0 Å². The molecule has 0 aromatic rings. The lowest BCUT2D eigenvalue weighted by molar-refractivity contribution is -0.157. The van der Waals surface area contributed by atoms with Gasteiger partial charge in [-0.1, -0.05) is 6.58 Å². The second-order valence-corrected chi connectivity index (χ2v) is 2.61. The fraction of sp³-hybridized carbons (Fsp3) is 0.500. The van der Waals surface area contributed by atoms with Crippen LogP contribution in [0.3, 0.4) is 0 Å². The Morgan fingerprint density at radius 2 is 2.46 bits per heavy atom. The van der Waals surface area contributed by atoms with Crippen molar-refractivity contribution in [2.45, 2.75) is 12.5 Å².